The van der Waals surface area contributed by atoms with E-state index in [1.165, 1.54) is 12.3 Å². The Morgan fingerprint density at radius 1 is 1.57 bits per heavy atom. The Hall–Kier alpha value is -1.91. The molecular weight excluding hydrogens is 182 g/mol. The van der Waals surface area contributed by atoms with Gasteiger partial charge in [-0.3, -0.25) is 0 Å². The first-order chi connectivity index (χ1) is 6.72. The minimum Gasteiger partial charge on any atom is -0.477 e. The summed E-state index contributed by atoms with van der Waals surface area (Å²) in [5.41, 5.74) is 1.57. The molecule has 0 bridgehead atoms. The Labute approximate surface area is 80.0 Å². The summed E-state index contributed by atoms with van der Waals surface area (Å²) in [5.74, 6) is -1.02. The number of fused-ring (bicyclic) bond motifs is 1. The summed E-state index contributed by atoms with van der Waals surface area (Å²) < 4.78 is 1.88. The smallest absolute Gasteiger partial charge is 0.354 e. The number of hydrogen-bond acceptors (Lipinski definition) is 3. The number of hydrogen-bond donors (Lipinski definition) is 1. The molecule has 2 aromatic rings. The van der Waals surface area contributed by atoms with Crippen LogP contribution in [0.5, 0.6) is 0 Å². The van der Waals surface area contributed by atoms with Crippen LogP contribution in [0, 0.1) is 0 Å². The van der Waals surface area contributed by atoms with Crippen LogP contribution in [0.2, 0.25) is 0 Å². The van der Waals surface area contributed by atoms with Crippen LogP contribution in [0.25, 0.3) is 11.0 Å². The van der Waals surface area contributed by atoms with E-state index in [-0.39, 0.29) is 5.69 Å². The molecule has 72 valence electrons. The molecular formula is C9H9N3O2. The first-order valence-electron chi connectivity index (χ1n) is 4.26. The fourth-order valence-electron chi connectivity index (χ4n) is 1.33. The van der Waals surface area contributed by atoms with E-state index in [4.69, 9.17) is 5.11 Å². The molecule has 0 saturated carbocycles. The van der Waals surface area contributed by atoms with E-state index in [1.807, 2.05) is 11.5 Å². The summed E-state index contributed by atoms with van der Waals surface area (Å²) in [5, 5.41) is 8.75. The van der Waals surface area contributed by atoms with Gasteiger partial charge in [0.1, 0.15) is 11.2 Å². The van der Waals surface area contributed by atoms with Gasteiger partial charge in [-0.2, -0.15) is 0 Å². The minimum absolute atomic E-state index is 0.0488. The molecule has 14 heavy (non-hydrogen) atoms. The van der Waals surface area contributed by atoms with E-state index >= 15 is 0 Å². The van der Waals surface area contributed by atoms with Gasteiger partial charge in [-0.25, -0.2) is 14.8 Å². The Balaban J connectivity index is 2.67. The molecule has 5 nitrogen and oxygen atoms in total. The molecule has 0 fully saturated rings. The van der Waals surface area contributed by atoms with Crippen molar-refractivity contribution < 1.29 is 9.90 Å². The van der Waals surface area contributed by atoms with E-state index in [2.05, 4.69) is 9.97 Å². The van der Waals surface area contributed by atoms with Crippen LogP contribution in [-0.4, -0.2) is 25.6 Å². The summed E-state index contributed by atoms with van der Waals surface area (Å²) in [6, 6.07) is 1.54. The second kappa shape index (κ2) is 3.10. The van der Waals surface area contributed by atoms with E-state index in [9.17, 15) is 4.79 Å². The Bertz CT molecular complexity index is 490. The lowest BCUT2D eigenvalue weighted by atomic mass is 10.3. The average Bonchev–Trinajstić information content (AvgIpc) is 2.59. The molecule has 2 rings (SSSR count). The van der Waals surface area contributed by atoms with Crippen molar-refractivity contribution in [3.05, 3.63) is 24.3 Å². The lowest BCUT2D eigenvalue weighted by Gasteiger charge is -1.98. The van der Waals surface area contributed by atoms with Crippen molar-refractivity contribution in [1.29, 1.82) is 0 Å². The highest BCUT2D eigenvalue weighted by molar-refractivity contribution is 5.89. The molecule has 0 atom stereocenters. The Kier molecular flexibility index (Phi) is 1.92. The normalized spacial score (nSPS) is 10.6. The van der Waals surface area contributed by atoms with Gasteiger partial charge < -0.3 is 9.67 Å². The molecule has 0 saturated heterocycles. The molecule has 2 aromatic heterocycles. The first kappa shape index (κ1) is 8.68. The quantitative estimate of drug-likeness (QED) is 0.773. The number of carboxylic acids is 1. The van der Waals surface area contributed by atoms with Crippen LogP contribution in [0.4, 0.5) is 0 Å². The van der Waals surface area contributed by atoms with Crippen molar-refractivity contribution >= 4 is 17.0 Å². The van der Waals surface area contributed by atoms with Gasteiger partial charge in [-0.15, -0.1) is 0 Å². The highest BCUT2D eigenvalue weighted by atomic mass is 16.4. The number of carboxylic acid groups (broad SMARTS) is 1. The lowest BCUT2D eigenvalue weighted by molar-refractivity contribution is 0.0690. The van der Waals surface area contributed by atoms with Crippen LogP contribution in [0.1, 0.15) is 17.4 Å². The highest BCUT2D eigenvalue weighted by Gasteiger charge is 2.08. The van der Waals surface area contributed by atoms with Crippen molar-refractivity contribution in [3.8, 4) is 0 Å². The summed E-state index contributed by atoms with van der Waals surface area (Å²) in [7, 11) is 0. The zero-order valence-corrected chi connectivity index (χ0v) is 7.64. The van der Waals surface area contributed by atoms with Crippen LogP contribution in [0.3, 0.4) is 0 Å². The predicted octanol–water partition coefficient (Wildman–Crippen LogP) is 1.15. The minimum atomic E-state index is -1.02. The van der Waals surface area contributed by atoms with E-state index < -0.39 is 5.97 Å². The largest absolute Gasteiger partial charge is 0.477 e. The maximum Gasteiger partial charge on any atom is 0.354 e. The standard InChI is InChI=1S/C9H9N3O2/c1-2-12-5-11-7-4-10-6(9(13)14)3-8(7)12/h3-5H,2H2,1H3,(H,13,14). The molecule has 0 amide bonds. The van der Waals surface area contributed by atoms with Gasteiger partial charge in [0.05, 0.1) is 18.0 Å². The van der Waals surface area contributed by atoms with Crippen LogP contribution < -0.4 is 0 Å². The molecule has 0 spiro atoms. The number of carbonyl (C=O) groups is 1. The molecule has 0 aliphatic heterocycles. The third kappa shape index (κ3) is 1.22. The Morgan fingerprint density at radius 3 is 3.00 bits per heavy atom. The first-order valence-corrected chi connectivity index (χ1v) is 4.26. The average molecular weight is 191 g/mol. The molecule has 0 unspecified atom stereocenters. The lowest BCUT2D eigenvalue weighted by Crippen LogP contribution is -2.00. The summed E-state index contributed by atoms with van der Waals surface area (Å²) in [6.45, 7) is 2.74. The SMILES string of the molecule is CCn1cnc2cnc(C(=O)O)cc21. The van der Waals surface area contributed by atoms with Crippen molar-refractivity contribution in [1.82, 2.24) is 14.5 Å². The molecule has 0 aliphatic rings. The van der Waals surface area contributed by atoms with Crippen molar-refractivity contribution in [2.45, 2.75) is 13.5 Å². The van der Waals surface area contributed by atoms with Crippen LogP contribution in [0.15, 0.2) is 18.6 Å². The number of aromatic nitrogens is 3. The van der Waals surface area contributed by atoms with Crippen LogP contribution >= 0.6 is 0 Å². The third-order valence-corrected chi connectivity index (χ3v) is 2.07. The zero-order valence-electron chi connectivity index (χ0n) is 7.64. The molecule has 1 N–H and O–H groups in total. The maximum atomic E-state index is 10.7. The van der Waals surface area contributed by atoms with Gasteiger partial charge in [-0.05, 0) is 13.0 Å². The summed E-state index contributed by atoms with van der Waals surface area (Å²) in [4.78, 5) is 18.6. The fraction of sp³-hybridized carbons (Fsp3) is 0.222. The summed E-state index contributed by atoms with van der Waals surface area (Å²) >= 11 is 0. The predicted molar refractivity (Wildman–Crippen MR) is 50.2 cm³/mol. The van der Waals surface area contributed by atoms with Gasteiger partial charge in [-0.1, -0.05) is 0 Å². The van der Waals surface area contributed by atoms with E-state index in [0.717, 1.165) is 17.6 Å². The molecule has 0 radical (unpaired) electrons. The van der Waals surface area contributed by atoms with Crippen molar-refractivity contribution in [2.24, 2.45) is 0 Å². The topological polar surface area (TPSA) is 68.0 Å². The van der Waals surface area contributed by atoms with Gasteiger partial charge in [0, 0.05) is 6.54 Å². The van der Waals surface area contributed by atoms with Crippen LogP contribution in [-0.2, 0) is 6.54 Å². The van der Waals surface area contributed by atoms with Gasteiger partial charge in [0.25, 0.3) is 0 Å². The van der Waals surface area contributed by atoms with Gasteiger partial charge in [0.15, 0.2) is 0 Å². The fourth-order valence-corrected chi connectivity index (χ4v) is 1.33. The van der Waals surface area contributed by atoms with Crippen molar-refractivity contribution in [3.63, 3.8) is 0 Å². The monoisotopic (exact) mass is 191 g/mol. The van der Waals surface area contributed by atoms with Gasteiger partial charge in [0.2, 0.25) is 0 Å². The number of imidazole rings is 1. The van der Waals surface area contributed by atoms with Gasteiger partial charge >= 0.3 is 5.97 Å². The second-order valence-electron chi connectivity index (χ2n) is 2.89. The number of aryl methyl sites for hydroxylation is 1. The zero-order chi connectivity index (χ0) is 10.1. The molecule has 0 aliphatic carbocycles. The maximum absolute atomic E-state index is 10.7. The number of aromatic carboxylic acids is 1. The van der Waals surface area contributed by atoms with E-state index in [1.54, 1.807) is 6.33 Å². The molecule has 0 aromatic carbocycles. The number of pyridine rings is 1. The Morgan fingerprint density at radius 2 is 2.36 bits per heavy atom. The number of rotatable bonds is 2. The third-order valence-electron chi connectivity index (χ3n) is 2.07. The van der Waals surface area contributed by atoms with E-state index in [0.29, 0.717) is 0 Å². The molecule has 5 heteroatoms. The second-order valence-corrected chi connectivity index (χ2v) is 2.89. The number of nitrogens with zero attached hydrogens (tertiary/aromatic N) is 3. The highest BCUT2D eigenvalue weighted by Crippen LogP contribution is 2.12. The molecule has 2 heterocycles. The summed E-state index contributed by atoms with van der Waals surface area (Å²) in [6.07, 6.45) is 3.16. The van der Waals surface area contributed by atoms with Crippen molar-refractivity contribution in [2.75, 3.05) is 0 Å².